The lowest BCUT2D eigenvalue weighted by Gasteiger charge is -2.08. The SMILES string of the molecule is CC(C)OCCCCNC(=O)c1ccncc1O. The van der Waals surface area contributed by atoms with Crippen molar-refractivity contribution in [3.05, 3.63) is 24.0 Å². The highest BCUT2D eigenvalue weighted by Gasteiger charge is 2.09. The van der Waals surface area contributed by atoms with Crippen LogP contribution < -0.4 is 5.32 Å². The highest BCUT2D eigenvalue weighted by atomic mass is 16.5. The van der Waals surface area contributed by atoms with Crippen molar-refractivity contribution >= 4 is 5.91 Å². The Kier molecular flexibility index (Phi) is 6.14. The van der Waals surface area contributed by atoms with Gasteiger partial charge in [0.05, 0.1) is 17.9 Å². The highest BCUT2D eigenvalue weighted by Crippen LogP contribution is 2.13. The zero-order valence-electron chi connectivity index (χ0n) is 10.8. The molecule has 1 aromatic rings. The van der Waals surface area contributed by atoms with Crippen LogP contribution in [0.1, 0.15) is 37.0 Å². The minimum Gasteiger partial charge on any atom is -0.505 e. The third-order valence-electron chi connectivity index (χ3n) is 2.35. The van der Waals surface area contributed by atoms with E-state index in [9.17, 15) is 9.90 Å². The topological polar surface area (TPSA) is 71.5 Å². The maximum Gasteiger partial charge on any atom is 0.255 e. The Bertz CT molecular complexity index is 380. The van der Waals surface area contributed by atoms with E-state index in [-0.39, 0.29) is 23.3 Å². The second-order valence-corrected chi connectivity index (χ2v) is 4.28. The quantitative estimate of drug-likeness (QED) is 0.725. The van der Waals surface area contributed by atoms with Gasteiger partial charge in [0.2, 0.25) is 0 Å². The molecule has 0 aromatic carbocycles. The zero-order chi connectivity index (χ0) is 13.4. The lowest BCUT2D eigenvalue weighted by molar-refractivity contribution is 0.0754. The molecule has 2 N–H and O–H groups in total. The van der Waals surface area contributed by atoms with Gasteiger partial charge in [0.25, 0.3) is 5.91 Å². The Morgan fingerprint density at radius 3 is 2.94 bits per heavy atom. The van der Waals surface area contributed by atoms with Crippen LogP contribution >= 0.6 is 0 Å². The number of aromatic hydroxyl groups is 1. The van der Waals surface area contributed by atoms with Crippen LogP contribution in [0.4, 0.5) is 0 Å². The van der Waals surface area contributed by atoms with Crippen LogP contribution in [0.2, 0.25) is 0 Å². The average Bonchev–Trinajstić information content (AvgIpc) is 2.33. The van der Waals surface area contributed by atoms with Crippen LogP contribution in [0.5, 0.6) is 5.75 Å². The summed E-state index contributed by atoms with van der Waals surface area (Å²) in [6.45, 7) is 5.26. The Labute approximate surface area is 107 Å². The van der Waals surface area contributed by atoms with E-state index in [1.54, 1.807) is 0 Å². The second-order valence-electron chi connectivity index (χ2n) is 4.28. The van der Waals surface area contributed by atoms with E-state index >= 15 is 0 Å². The Morgan fingerprint density at radius 1 is 1.50 bits per heavy atom. The third kappa shape index (κ3) is 5.14. The smallest absolute Gasteiger partial charge is 0.255 e. The van der Waals surface area contributed by atoms with Crippen molar-refractivity contribution in [3.8, 4) is 5.75 Å². The van der Waals surface area contributed by atoms with Crippen LogP contribution in [0.3, 0.4) is 0 Å². The molecule has 0 saturated carbocycles. The maximum atomic E-state index is 11.7. The predicted octanol–water partition coefficient (Wildman–Crippen LogP) is 1.72. The van der Waals surface area contributed by atoms with E-state index in [0.717, 1.165) is 12.8 Å². The fourth-order valence-corrected chi connectivity index (χ4v) is 1.42. The lowest BCUT2D eigenvalue weighted by Crippen LogP contribution is -2.24. The number of ether oxygens (including phenoxy) is 1. The summed E-state index contributed by atoms with van der Waals surface area (Å²) < 4.78 is 5.39. The third-order valence-corrected chi connectivity index (χ3v) is 2.35. The summed E-state index contributed by atoms with van der Waals surface area (Å²) in [6, 6.07) is 1.49. The summed E-state index contributed by atoms with van der Waals surface area (Å²) in [5.74, 6) is -0.377. The normalized spacial score (nSPS) is 10.6. The molecule has 0 aliphatic rings. The Hall–Kier alpha value is -1.62. The first-order valence-corrected chi connectivity index (χ1v) is 6.14. The van der Waals surface area contributed by atoms with Crippen LogP contribution in [-0.4, -0.2) is 35.3 Å². The van der Waals surface area contributed by atoms with Crippen molar-refractivity contribution in [2.24, 2.45) is 0 Å². The second kappa shape index (κ2) is 7.66. The fraction of sp³-hybridized carbons (Fsp3) is 0.538. The van der Waals surface area contributed by atoms with Crippen molar-refractivity contribution in [1.29, 1.82) is 0 Å². The van der Waals surface area contributed by atoms with Crippen molar-refractivity contribution in [3.63, 3.8) is 0 Å². The first-order chi connectivity index (χ1) is 8.61. The monoisotopic (exact) mass is 252 g/mol. The molecule has 5 heteroatoms. The van der Waals surface area contributed by atoms with Crippen LogP contribution in [-0.2, 0) is 4.74 Å². The van der Waals surface area contributed by atoms with E-state index in [1.165, 1.54) is 18.5 Å². The molecular formula is C13H20N2O3. The number of carbonyl (C=O) groups is 1. The summed E-state index contributed by atoms with van der Waals surface area (Å²) in [5, 5.41) is 12.2. The number of rotatable bonds is 7. The van der Waals surface area contributed by atoms with E-state index in [2.05, 4.69) is 10.3 Å². The molecule has 0 fully saturated rings. The molecule has 0 atom stereocenters. The van der Waals surface area contributed by atoms with Crippen molar-refractivity contribution in [1.82, 2.24) is 10.3 Å². The number of nitrogens with one attached hydrogen (secondary N) is 1. The summed E-state index contributed by atoms with van der Waals surface area (Å²) in [4.78, 5) is 15.4. The van der Waals surface area contributed by atoms with Gasteiger partial charge < -0.3 is 15.2 Å². The average molecular weight is 252 g/mol. The van der Waals surface area contributed by atoms with Crippen molar-refractivity contribution in [2.45, 2.75) is 32.8 Å². The molecular weight excluding hydrogens is 232 g/mol. The first kappa shape index (κ1) is 14.4. The molecule has 0 radical (unpaired) electrons. The lowest BCUT2D eigenvalue weighted by atomic mass is 10.2. The summed E-state index contributed by atoms with van der Waals surface area (Å²) >= 11 is 0. The van der Waals surface area contributed by atoms with Gasteiger partial charge in [-0.15, -0.1) is 0 Å². The van der Waals surface area contributed by atoms with E-state index in [0.29, 0.717) is 13.2 Å². The standard InChI is InChI=1S/C13H20N2O3/c1-10(2)18-8-4-3-6-15-13(17)11-5-7-14-9-12(11)16/h5,7,9-10,16H,3-4,6,8H2,1-2H3,(H,15,17). The van der Waals surface area contributed by atoms with Gasteiger partial charge in [-0.1, -0.05) is 0 Å². The predicted molar refractivity (Wildman–Crippen MR) is 68.6 cm³/mol. The number of nitrogens with zero attached hydrogens (tertiary/aromatic N) is 1. The van der Waals surface area contributed by atoms with Gasteiger partial charge in [0.15, 0.2) is 0 Å². The molecule has 1 rings (SSSR count). The van der Waals surface area contributed by atoms with Crippen LogP contribution in [0.25, 0.3) is 0 Å². The largest absolute Gasteiger partial charge is 0.505 e. The molecule has 100 valence electrons. The number of unbranched alkanes of at least 4 members (excludes halogenated alkanes) is 1. The molecule has 1 amide bonds. The molecule has 0 bridgehead atoms. The van der Waals surface area contributed by atoms with Gasteiger partial charge in [-0.25, -0.2) is 0 Å². The first-order valence-electron chi connectivity index (χ1n) is 6.14. The minimum atomic E-state index is -0.278. The highest BCUT2D eigenvalue weighted by molar-refractivity contribution is 5.96. The number of hydrogen-bond donors (Lipinski definition) is 2. The fourth-order valence-electron chi connectivity index (χ4n) is 1.42. The van der Waals surface area contributed by atoms with Crippen molar-refractivity contribution in [2.75, 3.05) is 13.2 Å². The maximum absolute atomic E-state index is 11.7. The minimum absolute atomic E-state index is 0.0989. The van der Waals surface area contributed by atoms with Gasteiger partial charge in [-0.05, 0) is 32.8 Å². The van der Waals surface area contributed by atoms with Crippen LogP contribution in [0.15, 0.2) is 18.5 Å². The van der Waals surface area contributed by atoms with Gasteiger partial charge in [0, 0.05) is 19.3 Å². The molecule has 5 nitrogen and oxygen atoms in total. The molecule has 1 heterocycles. The number of pyridine rings is 1. The number of hydrogen-bond acceptors (Lipinski definition) is 4. The van der Waals surface area contributed by atoms with Crippen LogP contribution in [0, 0.1) is 0 Å². The molecule has 0 aliphatic carbocycles. The number of carbonyl (C=O) groups excluding carboxylic acids is 1. The zero-order valence-corrected chi connectivity index (χ0v) is 10.8. The van der Waals surface area contributed by atoms with Gasteiger partial charge in [-0.2, -0.15) is 0 Å². The van der Waals surface area contributed by atoms with Gasteiger partial charge in [0.1, 0.15) is 5.75 Å². The van der Waals surface area contributed by atoms with E-state index in [1.807, 2.05) is 13.8 Å². The molecule has 0 aliphatic heterocycles. The molecule has 1 aromatic heterocycles. The number of aromatic nitrogens is 1. The molecule has 18 heavy (non-hydrogen) atoms. The van der Waals surface area contributed by atoms with Gasteiger partial charge in [-0.3, -0.25) is 9.78 Å². The Morgan fingerprint density at radius 2 is 2.28 bits per heavy atom. The Balaban J connectivity index is 2.20. The summed E-state index contributed by atoms with van der Waals surface area (Å²) in [5.41, 5.74) is 0.253. The molecule has 0 unspecified atom stereocenters. The van der Waals surface area contributed by atoms with E-state index < -0.39 is 0 Å². The molecule has 0 spiro atoms. The van der Waals surface area contributed by atoms with Crippen molar-refractivity contribution < 1.29 is 14.6 Å². The summed E-state index contributed by atoms with van der Waals surface area (Å²) in [6.07, 6.45) is 4.73. The number of amides is 1. The molecule has 0 saturated heterocycles. The summed E-state index contributed by atoms with van der Waals surface area (Å²) in [7, 11) is 0. The van der Waals surface area contributed by atoms with Gasteiger partial charge >= 0.3 is 0 Å². The van der Waals surface area contributed by atoms with E-state index in [4.69, 9.17) is 4.74 Å².